The Morgan fingerprint density at radius 1 is 1.07 bits per heavy atom. The lowest BCUT2D eigenvalue weighted by Gasteiger charge is -2.03. The Bertz CT molecular complexity index is 1180. The van der Waals surface area contributed by atoms with E-state index in [-0.39, 0.29) is 17.7 Å². The van der Waals surface area contributed by atoms with Crippen LogP contribution in [0.15, 0.2) is 74.4 Å². The molecule has 2 heterocycles. The Morgan fingerprint density at radius 3 is 2.67 bits per heavy atom. The fraction of sp³-hybridized carbons (Fsp3) is 0.0500. The molecule has 0 unspecified atom stereocenters. The molecule has 134 valence electrons. The molecule has 2 aromatic carbocycles. The maximum Gasteiger partial charge on any atom is 0.287 e. The van der Waals surface area contributed by atoms with E-state index in [1.807, 2.05) is 12.1 Å². The Kier molecular flexibility index (Phi) is 4.48. The number of nitrogens with one attached hydrogen (secondary N) is 1. The van der Waals surface area contributed by atoms with Gasteiger partial charge in [0, 0.05) is 22.7 Å². The minimum atomic E-state index is -0.506. The van der Waals surface area contributed by atoms with Crippen molar-refractivity contribution in [2.24, 2.45) is 0 Å². The maximum absolute atomic E-state index is 12.3. The molecule has 0 saturated carbocycles. The molecule has 0 aliphatic heterocycles. The van der Waals surface area contributed by atoms with Gasteiger partial charge in [-0.05, 0) is 36.4 Å². The largest absolute Gasteiger partial charge is 0.451 e. The standard InChI is InChI=1S/C20H13ClN2O4/c21-13-7-5-12(6-8-13)18-9-14(23-27-18)11-22-20(25)19-10-16(24)15-3-1-2-4-17(15)26-19/h1-10H,11H2,(H,22,25). The summed E-state index contributed by atoms with van der Waals surface area (Å²) in [7, 11) is 0. The molecular weight excluding hydrogens is 368 g/mol. The van der Waals surface area contributed by atoms with E-state index in [1.165, 1.54) is 6.07 Å². The van der Waals surface area contributed by atoms with E-state index in [2.05, 4.69) is 10.5 Å². The molecule has 4 rings (SSSR count). The van der Waals surface area contributed by atoms with Gasteiger partial charge in [0.25, 0.3) is 5.91 Å². The zero-order valence-electron chi connectivity index (χ0n) is 13.9. The second kappa shape index (κ2) is 7.09. The molecule has 27 heavy (non-hydrogen) atoms. The second-order valence-corrected chi connectivity index (χ2v) is 6.28. The molecule has 0 atom stereocenters. The number of hydrogen-bond donors (Lipinski definition) is 1. The van der Waals surface area contributed by atoms with Crippen LogP contribution >= 0.6 is 11.6 Å². The summed E-state index contributed by atoms with van der Waals surface area (Å²) in [5.41, 5.74) is 1.46. The molecule has 6 nitrogen and oxygen atoms in total. The Labute approximate surface area is 158 Å². The van der Waals surface area contributed by atoms with E-state index >= 15 is 0 Å². The first-order valence-corrected chi connectivity index (χ1v) is 8.50. The summed E-state index contributed by atoms with van der Waals surface area (Å²) in [5, 5.41) is 7.66. The summed E-state index contributed by atoms with van der Waals surface area (Å²) in [6.45, 7) is 0.131. The van der Waals surface area contributed by atoms with Crippen LogP contribution in [-0.2, 0) is 6.54 Å². The van der Waals surface area contributed by atoms with Crippen LogP contribution in [0.3, 0.4) is 0 Å². The third-order valence-corrected chi connectivity index (χ3v) is 4.23. The zero-order valence-corrected chi connectivity index (χ0v) is 14.7. The number of nitrogens with zero attached hydrogens (tertiary/aromatic N) is 1. The number of aromatic nitrogens is 1. The number of halogens is 1. The summed E-state index contributed by atoms with van der Waals surface area (Å²) in [4.78, 5) is 24.4. The lowest BCUT2D eigenvalue weighted by Crippen LogP contribution is -2.24. The first kappa shape index (κ1) is 17.1. The third-order valence-electron chi connectivity index (χ3n) is 3.98. The van der Waals surface area contributed by atoms with E-state index in [4.69, 9.17) is 20.5 Å². The minimum Gasteiger partial charge on any atom is -0.451 e. The highest BCUT2D eigenvalue weighted by Crippen LogP contribution is 2.22. The summed E-state index contributed by atoms with van der Waals surface area (Å²) in [6, 6.07) is 16.8. The van der Waals surface area contributed by atoms with Gasteiger partial charge in [0.1, 0.15) is 11.3 Å². The zero-order chi connectivity index (χ0) is 18.8. The number of amides is 1. The highest BCUT2D eigenvalue weighted by molar-refractivity contribution is 6.30. The molecule has 4 aromatic rings. The SMILES string of the molecule is O=C(NCc1cc(-c2ccc(Cl)cc2)on1)c1cc(=O)c2ccccc2o1. The number of benzene rings is 2. The third kappa shape index (κ3) is 3.61. The molecule has 0 saturated heterocycles. The highest BCUT2D eigenvalue weighted by atomic mass is 35.5. The topological polar surface area (TPSA) is 85.3 Å². The summed E-state index contributed by atoms with van der Waals surface area (Å²) in [6.07, 6.45) is 0. The molecule has 0 aliphatic carbocycles. The lowest BCUT2D eigenvalue weighted by molar-refractivity contribution is 0.0923. The Morgan fingerprint density at radius 2 is 1.85 bits per heavy atom. The number of carbonyl (C=O) groups is 1. The van der Waals surface area contributed by atoms with Gasteiger partial charge >= 0.3 is 0 Å². The molecule has 1 amide bonds. The van der Waals surface area contributed by atoms with Crippen molar-refractivity contribution >= 4 is 28.5 Å². The van der Waals surface area contributed by atoms with Crippen molar-refractivity contribution in [1.82, 2.24) is 10.5 Å². The number of carbonyl (C=O) groups excluding carboxylic acids is 1. The van der Waals surface area contributed by atoms with Gasteiger partial charge in [-0.15, -0.1) is 0 Å². The predicted octanol–water partition coefficient (Wildman–Crippen LogP) is 4.03. The van der Waals surface area contributed by atoms with Gasteiger partial charge in [-0.25, -0.2) is 0 Å². The smallest absolute Gasteiger partial charge is 0.287 e. The molecule has 0 spiro atoms. The Balaban J connectivity index is 1.48. The van der Waals surface area contributed by atoms with Crippen LogP contribution in [0.5, 0.6) is 0 Å². The van der Waals surface area contributed by atoms with Crippen molar-refractivity contribution in [1.29, 1.82) is 0 Å². The van der Waals surface area contributed by atoms with Gasteiger partial charge < -0.3 is 14.3 Å². The predicted molar refractivity (Wildman–Crippen MR) is 101 cm³/mol. The number of rotatable bonds is 4. The van der Waals surface area contributed by atoms with E-state index in [9.17, 15) is 9.59 Å². The van der Waals surface area contributed by atoms with Crippen molar-refractivity contribution in [3.8, 4) is 11.3 Å². The first-order valence-electron chi connectivity index (χ1n) is 8.13. The molecule has 0 aliphatic rings. The van der Waals surface area contributed by atoms with Crippen molar-refractivity contribution < 1.29 is 13.7 Å². The molecular formula is C20H13ClN2O4. The summed E-state index contributed by atoms with van der Waals surface area (Å²) in [5.74, 6) is 0.00201. The van der Waals surface area contributed by atoms with Crippen molar-refractivity contribution in [3.05, 3.63) is 87.4 Å². The minimum absolute atomic E-state index is 0.0554. The van der Waals surface area contributed by atoms with Gasteiger partial charge in [-0.2, -0.15) is 0 Å². The highest BCUT2D eigenvalue weighted by Gasteiger charge is 2.13. The second-order valence-electron chi connectivity index (χ2n) is 5.84. The van der Waals surface area contributed by atoms with Gasteiger partial charge in [-0.1, -0.05) is 28.9 Å². The van der Waals surface area contributed by atoms with E-state index in [0.29, 0.717) is 27.4 Å². The first-order chi connectivity index (χ1) is 13.1. The van der Waals surface area contributed by atoms with E-state index < -0.39 is 5.91 Å². The van der Waals surface area contributed by atoms with Crippen molar-refractivity contribution in [2.45, 2.75) is 6.54 Å². The molecule has 2 aromatic heterocycles. The van der Waals surface area contributed by atoms with E-state index in [1.54, 1.807) is 42.5 Å². The Hall–Kier alpha value is -3.38. The van der Waals surface area contributed by atoms with Crippen LogP contribution in [-0.4, -0.2) is 11.1 Å². The maximum atomic E-state index is 12.3. The number of hydrogen-bond acceptors (Lipinski definition) is 5. The molecule has 0 fully saturated rings. The van der Waals surface area contributed by atoms with E-state index in [0.717, 1.165) is 5.56 Å². The van der Waals surface area contributed by atoms with Crippen molar-refractivity contribution in [2.75, 3.05) is 0 Å². The average Bonchev–Trinajstić information content (AvgIpc) is 3.15. The molecule has 0 bridgehead atoms. The molecule has 7 heteroatoms. The molecule has 1 N–H and O–H groups in total. The lowest BCUT2D eigenvalue weighted by atomic mass is 10.1. The van der Waals surface area contributed by atoms with Gasteiger partial charge in [-0.3, -0.25) is 9.59 Å². The van der Waals surface area contributed by atoms with Gasteiger partial charge in [0.15, 0.2) is 16.9 Å². The van der Waals surface area contributed by atoms with Gasteiger partial charge in [0.2, 0.25) is 0 Å². The average molecular weight is 381 g/mol. The van der Waals surface area contributed by atoms with Crippen molar-refractivity contribution in [3.63, 3.8) is 0 Å². The van der Waals surface area contributed by atoms with Crippen LogP contribution in [0.2, 0.25) is 5.02 Å². The molecule has 0 radical (unpaired) electrons. The quantitative estimate of drug-likeness (QED) is 0.577. The monoisotopic (exact) mass is 380 g/mol. The normalized spacial score (nSPS) is 10.9. The fourth-order valence-electron chi connectivity index (χ4n) is 2.62. The summed E-state index contributed by atoms with van der Waals surface area (Å²) >= 11 is 5.87. The number of fused-ring (bicyclic) bond motifs is 1. The van der Waals surface area contributed by atoms with Gasteiger partial charge in [0.05, 0.1) is 11.9 Å². The fourth-order valence-corrected chi connectivity index (χ4v) is 2.75. The van der Waals surface area contributed by atoms with Crippen LogP contribution in [0, 0.1) is 0 Å². The number of para-hydroxylation sites is 1. The van der Waals surface area contributed by atoms with Crippen LogP contribution in [0.25, 0.3) is 22.3 Å². The summed E-state index contributed by atoms with van der Waals surface area (Å²) < 4.78 is 10.8. The van der Waals surface area contributed by atoms with Crippen LogP contribution < -0.4 is 10.7 Å². The van der Waals surface area contributed by atoms with Crippen LogP contribution in [0.4, 0.5) is 0 Å². The van der Waals surface area contributed by atoms with Crippen LogP contribution in [0.1, 0.15) is 16.2 Å².